The maximum atomic E-state index is 12.5. The van der Waals surface area contributed by atoms with Crippen LogP contribution in [-0.2, 0) is 0 Å². The molecule has 1 fully saturated rings. The van der Waals surface area contributed by atoms with Gasteiger partial charge in [0.05, 0.1) is 11.1 Å². The second kappa shape index (κ2) is 7.12. The minimum atomic E-state index is -4.41. The molecule has 4 rings (SSSR count). The van der Waals surface area contributed by atoms with Crippen LogP contribution in [0.4, 0.5) is 19.0 Å². The predicted molar refractivity (Wildman–Crippen MR) is 103 cm³/mol. The van der Waals surface area contributed by atoms with Crippen molar-refractivity contribution in [3.63, 3.8) is 0 Å². The van der Waals surface area contributed by atoms with E-state index < -0.39 is 18.6 Å². The number of aromatic nitrogens is 2. The van der Waals surface area contributed by atoms with Crippen LogP contribution in [0.5, 0.6) is 0 Å². The van der Waals surface area contributed by atoms with Crippen LogP contribution in [0, 0.1) is 5.92 Å². The van der Waals surface area contributed by atoms with Gasteiger partial charge in [-0.15, -0.1) is 11.3 Å². The summed E-state index contributed by atoms with van der Waals surface area (Å²) in [5, 5.41) is 5.11. The highest BCUT2D eigenvalue weighted by molar-refractivity contribution is 7.12. The molecule has 3 aromatic heterocycles. The normalized spacial score (nSPS) is 14.4. The molecule has 1 saturated carbocycles. The van der Waals surface area contributed by atoms with E-state index in [1.165, 1.54) is 12.8 Å². The van der Waals surface area contributed by atoms with Gasteiger partial charge >= 0.3 is 6.18 Å². The fraction of sp³-hybridized carbons (Fsp3) is 0.368. The smallest absolute Gasteiger partial charge is 0.368 e. The highest BCUT2D eigenvalue weighted by atomic mass is 32.1. The first-order valence-electron chi connectivity index (χ1n) is 8.92. The number of nitrogens with one attached hydrogen (secondary N) is 1. The van der Waals surface area contributed by atoms with Crippen molar-refractivity contribution in [2.24, 2.45) is 5.92 Å². The predicted octanol–water partition coefficient (Wildman–Crippen LogP) is 4.52. The van der Waals surface area contributed by atoms with Crippen molar-refractivity contribution < 1.29 is 18.0 Å². The first kappa shape index (κ1) is 18.8. The molecule has 0 saturated heterocycles. The molecule has 9 heteroatoms. The van der Waals surface area contributed by atoms with Crippen LogP contribution >= 0.6 is 11.3 Å². The zero-order chi connectivity index (χ0) is 19.9. The number of amides is 1. The summed E-state index contributed by atoms with van der Waals surface area (Å²) in [6, 6.07) is 5.40. The van der Waals surface area contributed by atoms with Crippen LogP contribution in [0.15, 0.2) is 36.0 Å². The van der Waals surface area contributed by atoms with Crippen molar-refractivity contribution in [2.75, 3.05) is 25.5 Å². The molecule has 0 spiro atoms. The van der Waals surface area contributed by atoms with Crippen molar-refractivity contribution in [3.05, 3.63) is 40.8 Å². The third kappa shape index (κ3) is 4.30. The zero-order valence-electron chi connectivity index (χ0n) is 15.2. The number of rotatable bonds is 6. The molecular formula is C19H19F3N4OS. The van der Waals surface area contributed by atoms with Gasteiger partial charge in [-0.2, -0.15) is 13.2 Å². The van der Waals surface area contributed by atoms with Crippen LogP contribution < -0.4 is 5.32 Å². The monoisotopic (exact) mass is 408 g/mol. The van der Waals surface area contributed by atoms with Crippen molar-refractivity contribution in [1.82, 2.24) is 14.3 Å². The van der Waals surface area contributed by atoms with Crippen LogP contribution in [-0.4, -0.2) is 46.5 Å². The lowest BCUT2D eigenvalue weighted by Crippen LogP contribution is -2.35. The molecule has 1 aliphatic rings. The van der Waals surface area contributed by atoms with Gasteiger partial charge in [-0.05, 0) is 53.5 Å². The summed E-state index contributed by atoms with van der Waals surface area (Å²) in [4.78, 5) is 17.7. The van der Waals surface area contributed by atoms with Gasteiger partial charge in [0.2, 0.25) is 0 Å². The number of alkyl halides is 3. The molecule has 0 unspecified atom stereocenters. The highest BCUT2D eigenvalue weighted by Crippen LogP contribution is 2.30. The molecule has 1 N–H and O–H groups in total. The average Bonchev–Trinajstić information content (AvgIpc) is 3.16. The number of carbonyl (C=O) groups excluding carboxylic acids is 1. The first-order valence-corrected chi connectivity index (χ1v) is 9.80. The third-order valence-electron chi connectivity index (χ3n) is 4.63. The summed E-state index contributed by atoms with van der Waals surface area (Å²) in [6.45, 7) is -0.338. The van der Waals surface area contributed by atoms with Gasteiger partial charge < -0.3 is 14.6 Å². The topological polar surface area (TPSA) is 49.6 Å². The summed E-state index contributed by atoms with van der Waals surface area (Å²) in [6.07, 6.45) is 1.93. The molecule has 148 valence electrons. The second-order valence-corrected chi connectivity index (χ2v) is 8.02. The SMILES string of the molecule is CN(CC(F)(F)F)C(=O)c1cc(-c2ccc3nc(NCC4CC4)cn3c2)cs1. The lowest BCUT2D eigenvalue weighted by molar-refractivity contribution is -0.138. The molecule has 28 heavy (non-hydrogen) atoms. The molecule has 1 aliphatic carbocycles. The van der Waals surface area contributed by atoms with Gasteiger partial charge in [0.25, 0.3) is 5.91 Å². The highest BCUT2D eigenvalue weighted by Gasteiger charge is 2.31. The number of hydrogen-bond acceptors (Lipinski definition) is 4. The Morgan fingerprint density at radius 1 is 1.32 bits per heavy atom. The second-order valence-electron chi connectivity index (χ2n) is 7.11. The number of fused-ring (bicyclic) bond motifs is 1. The van der Waals surface area contributed by atoms with Gasteiger partial charge in [0, 0.05) is 19.8 Å². The van der Waals surface area contributed by atoms with E-state index in [9.17, 15) is 18.0 Å². The fourth-order valence-corrected chi connectivity index (χ4v) is 3.86. The molecule has 0 aromatic carbocycles. The summed E-state index contributed by atoms with van der Waals surface area (Å²) < 4.78 is 39.4. The minimum absolute atomic E-state index is 0.277. The molecule has 0 atom stereocenters. The first-order chi connectivity index (χ1) is 13.3. The molecular weight excluding hydrogens is 389 g/mol. The number of pyridine rings is 1. The maximum Gasteiger partial charge on any atom is 0.406 e. The van der Waals surface area contributed by atoms with E-state index in [0.717, 1.165) is 53.4 Å². The number of anilines is 1. The molecule has 0 radical (unpaired) electrons. The standard InChI is InChI=1S/C19H19F3N4OS/c1-25(11-19(20,21)22)18(27)15-6-14(10-28-15)13-4-5-17-24-16(9-26(17)8-13)23-7-12-2-3-12/h4-6,8-10,12,23H,2-3,7,11H2,1H3. The molecule has 3 heterocycles. The lowest BCUT2D eigenvalue weighted by atomic mass is 10.1. The Morgan fingerprint density at radius 3 is 2.82 bits per heavy atom. The van der Waals surface area contributed by atoms with E-state index in [1.807, 2.05) is 28.9 Å². The van der Waals surface area contributed by atoms with Crippen LogP contribution in [0.25, 0.3) is 16.8 Å². The van der Waals surface area contributed by atoms with E-state index in [-0.39, 0.29) is 4.88 Å². The zero-order valence-corrected chi connectivity index (χ0v) is 16.0. The minimum Gasteiger partial charge on any atom is -0.368 e. The summed E-state index contributed by atoms with van der Waals surface area (Å²) in [5.74, 6) is 0.931. The number of carbonyl (C=O) groups is 1. The summed E-state index contributed by atoms with van der Waals surface area (Å²) in [5.41, 5.74) is 2.46. The van der Waals surface area contributed by atoms with Crippen molar-refractivity contribution in [3.8, 4) is 11.1 Å². The van der Waals surface area contributed by atoms with Crippen LogP contribution in [0.3, 0.4) is 0 Å². The summed E-state index contributed by atoms with van der Waals surface area (Å²) >= 11 is 1.14. The number of imidazole rings is 1. The Balaban J connectivity index is 1.50. The van der Waals surface area contributed by atoms with Gasteiger partial charge in [0.15, 0.2) is 0 Å². The third-order valence-corrected chi connectivity index (χ3v) is 5.54. The molecule has 0 bridgehead atoms. The van der Waals surface area contributed by atoms with E-state index in [0.29, 0.717) is 4.90 Å². The molecule has 3 aromatic rings. The Bertz CT molecular complexity index is 1010. The number of hydrogen-bond donors (Lipinski definition) is 1. The lowest BCUT2D eigenvalue weighted by Gasteiger charge is -2.17. The van der Waals surface area contributed by atoms with Gasteiger partial charge in [-0.1, -0.05) is 0 Å². The van der Waals surface area contributed by atoms with Gasteiger partial charge in [-0.3, -0.25) is 4.79 Å². The van der Waals surface area contributed by atoms with E-state index in [1.54, 1.807) is 11.4 Å². The van der Waals surface area contributed by atoms with Crippen molar-refractivity contribution in [2.45, 2.75) is 19.0 Å². The van der Waals surface area contributed by atoms with Crippen molar-refractivity contribution >= 4 is 28.7 Å². The summed E-state index contributed by atoms with van der Waals surface area (Å²) in [7, 11) is 1.16. The van der Waals surface area contributed by atoms with E-state index >= 15 is 0 Å². The Morgan fingerprint density at radius 2 is 2.11 bits per heavy atom. The molecule has 0 aliphatic heterocycles. The van der Waals surface area contributed by atoms with Crippen LogP contribution in [0.1, 0.15) is 22.5 Å². The van der Waals surface area contributed by atoms with Gasteiger partial charge in [-0.25, -0.2) is 4.98 Å². The van der Waals surface area contributed by atoms with Crippen LogP contribution in [0.2, 0.25) is 0 Å². The number of halogens is 3. The molecule has 1 amide bonds. The Labute approximate surface area is 163 Å². The number of nitrogens with zero attached hydrogens (tertiary/aromatic N) is 3. The molecule has 5 nitrogen and oxygen atoms in total. The van der Waals surface area contributed by atoms with E-state index in [4.69, 9.17) is 0 Å². The largest absolute Gasteiger partial charge is 0.406 e. The fourth-order valence-electron chi connectivity index (χ4n) is 2.95. The van der Waals surface area contributed by atoms with Gasteiger partial charge in [0.1, 0.15) is 18.0 Å². The van der Waals surface area contributed by atoms with Crippen molar-refractivity contribution in [1.29, 1.82) is 0 Å². The Hall–Kier alpha value is -2.55. The number of thiophene rings is 1. The maximum absolute atomic E-state index is 12.5. The van der Waals surface area contributed by atoms with E-state index in [2.05, 4.69) is 10.3 Å². The Kier molecular flexibility index (Phi) is 4.78. The average molecular weight is 408 g/mol. The quantitative estimate of drug-likeness (QED) is 0.653.